The van der Waals surface area contributed by atoms with Crippen LogP contribution >= 0.6 is 15.9 Å². The van der Waals surface area contributed by atoms with E-state index >= 15 is 0 Å². The highest BCUT2D eigenvalue weighted by molar-refractivity contribution is 9.10. The van der Waals surface area contributed by atoms with Gasteiger partial charge in [-0.05, 0) is 65.7 Å². The van der Waals surface area contributed by atoms with Crippen molar-refractivity contribution in [1.82, 2.24) is 4.90 Å². The van der Waals surface area contributed by atoms with Crippen molar-refractivity contribution in [1.29, 1.82) is 0 Å². The van der Waals surface area contributed by atoms with Crippen LogP contribution in [0, 0.1) is 5.92 Å². The number of ether oxygens (including phenoxy) is 1. The Balaban J connectivity index is 1.81. The smallest absolute Gasteiger partial charge is 0.254 e. The molecule has 21 heavy (non-hydrogen) atoms. The van der Waals surface area contributed by atoms with Crippen LogP contribution < -0.4 is 4.74 Å². The van der Waals surface area contributed by atoms with Crippen LogP contribution in [0.15, 0.2) is 22.7 Å². The van der Waals surface area contributed by atoms with E-state index in [0.29, 0.717) is 6.04 Å². The summed E-state index contributed by atoms with van der Waals surface area (Å²) < 4.78 is 6.08. The van der Waals surface area contributed by atoms with Crippen LogP contribution in [-0.2, 0) is 0 Å². The number of hydrogen-bond acceptors (Lipinski definition) is 2. The van der Waals surface area contributed by atoms with Crippen LogP contribution in [0.3, 0.4) is 0 Å². The summed E-state index contributed by atoms with van der Waals surface area (Å²) in [6.45, 7) is 0.906. The van der Waals surface area contributed by atoms with E-state index in [1.54, 1.807) is 7.11 Å². The van der Waals surface area contributed by atoms with Gasteiger partial charge in [0.25, 0.3) is 5.91 Å². The first kappa shape index (κ1) is 14.9. The Bertz CT molecular complexity index is 530. The van der Waals surface area contributed by atoms with Gasteiger partial charge in [-0.2, -0.15) is 0 Å². The summed E-state index contributed by atoms with van der Waals surface area (Å²) in [5, 5.41) is 0. The minimum absolute atomic E-state index is 0.176. The maximum Gasteiger partial charge on any atom is 0.254 e. The Morgan fingerprint density at radius 1 is 1.24 bits per heavy atom. The molecule has 1 saturated carbocycles. The Labute approximate surface area is 134 Å². The molecule has 0 spiro atoms. The maximum atomic E-state index is 12.9. The topological polar surface area (TPSA) is 29.5 Å². The summed E-state index contributed by atoms with van der Waals surface area (Å²) in [7, 11) is 1.64. The fourth-order valence-corrected chi connectivity index (χ4v) is 4.38. The van der Waals surface area contributed by atoms with Gasteiger partial charge in [0.1, 0.15) is 5.75 Å². The minimum atomic E-state index is 0.176. The first-order valence-corrected chi connectivity index (χ1v) is 8.64. The third kappa shape index (κ3) is 2.96. The lowest BCUT2D eigenvalue weighted by Gasteiger charge is -2.44. The number of amides is 1. The average molecular weight is 352 g/mol. The summed E-state index contributed by atoms with van der Waals surface area (Å²) in [5.74, 6) is 1.66. The third-order valence-corrected chi connectivity index (χ3v) is 5.52. The van der Waals surface area contributed by atoms with Crippen LogP contribution in [0.4, 0.5) is 0 Å². The molecule has 0 bridgehead atoms. The molecule has 0 aromatic heterocycles. The van der Waals surface area contributed by atoms with Crippen LogP contribution in [0.5, 0.6) is 5.75 Å². The number of hydrogen-bond donors (Lipinski definition) is 0. The fourth-order valence-electron chi connectivity index (χ4n) is 3.84. The molecule has 1 aliphatic carbocycles. The molecule has 1 saturated heterocycles. The Morgan fingerprint density at radius 2 is 2.00 bits per heavy atom. The second-order valence-corrected chi connectivity index (χ2v) is 6.96. The highest BCUT2D eigenvalue weighted by Gasteiger charge is 2.36. The van der Waals surface area contributed by atoms with Crippen LogP contribution in [0.1, 0.15) is 48.9 Å². The summed E-state index contributed by atoms with van der Waals surface area (Å²) in [6.07, 6.45) is 7.49. The SMILES string of the molecule is COc1ccc(C(=O)N2CCC[C@H]3CCCC[C@H]32)cc1Br. The molecule has 0 radical (unpaired) electrons. The van der Waals surface area contributed by atoms with Gasteiger partial charge in [-0.15, -0.1) is 0 Å². The number of benzene rings is 1. The second kappa shape index (κ2) is 6.39. The summed E-state index contributed by atoms with van der Waals surface area (Å²) in [5.41, 5.74) is 0.758. The zero-order valence-electron chi connectivity index (χ0n) is 12.5. The van der Waals surface area contributed by atoms with Crippen molar-refractivity contribution in [3.8, 4) is 5.75 Å². The molecule has 2 atom stereocenters. The molecule has 1 amide bonds. The number of methoxy groups -OCH3 is 1. The molecule has 114 valence electrons. The maximum absolute atomic E-state index is 12.9. The second-order valence-electron chi connectivity index (χ2n) is 6.10. The zero-order valence-corrected chi connectivity index (χ0v) is 14.1. The summed E-state index contributed by atoms with van der Waals surface area (Å²) in [4.78, 5) is 15.0. The van der Waals surface area contributed by atoms with Crippen LogP contribution in [0.2, 0.25) is 0 Å². The lowest BCUT2D eigenvalue weighted by molar-refractivity contribution is 0.0390. The Morgan fingerprint density at radius 3 is 2.76 bits per heavy atom. The number of halogens is 1. The van der Waals surface area contributed by atoms with Gasteiger partial charge >= 0.3 is 0 Å². The van der Waals surface area contributed by atoms with Crippen molar-refractivity contribution in [2.45, 2.75) is 44.6 Å². The predicted molar refractivity (Wildman–Crippen MR) is 86.7 cm³/mol. The lowest BCUT2D eigenvalue weighted by Crippen LogP contribution is -2.49. The average Bonchev–Trinajstić information content (AvgIpc) is 2.53. The normalized spacial score (nSPS) is 25.3. The lowest BCUT2D eigenvalue weighted by atomic mass is 9.78. The first-order chi connectivity index (χ1) is 10.2. The van der Waals surface area contributed by atoms with Crippen molar-refractivity contribution in [2.75, 3.05) is 13.7 Å². The van der Waals surface area contributed by atoms with Gasteiger partial charge in [-0.3, -0.25) is 4.79 Å². The quantitative estimate of drug-likeness (QED) is 0.796. The molecule has 4 heteroatoms. The fraction of sp³-hybridized carbons (Fsp3) is 0.588. The molecule has 3 nitrogen and oxygen atoms in total. The Hall–Kier alpha value is -1.03. The number of carbonyl (C=O) groups is 1. The summed E-state index contributed by atoms with van der Waals surface area (Å²) >= 11 is 3.47. The zero-order chi connectivity index (χ0) is 14.8. The number of nitrogens with zero attached hydrogens (tertiary/aromatic N) is 1. The Kier molecular flexibility index (Phi) is 4.53. The van der Waals surface area contributed by atoms with Crippen LogP contribution in [-0.4, -0.2) is 30.5 Å². The minimum Gasteiger partial charge on any atom is -0.496 e. The predicted octanol–water partition coefficient (Wildman–Crippen LogP) is 4.25. The van der Waals surface area contributed by atoms with E-state index in [9.17, 15) is 4.79 Å². The van der Waals surface area contributed by atoms with Gasteiger partial charge < -0.3 is 9.64 Å². The largest absolute Gasteiger partial charge is 0.496 e. The molecule has 2 fully saturated rings. The monoisotopic (exact) mass is 351 g/mol. The van der Waals surface area contributed by atoms with Gasteiger partial charge in [0.2, 0.25) is 0 Å². The van der Waals surface area contributed by atoms with Crippen molar-refractivity contribution in [3.05, 3.63) is 28.2 Å². The highest BCUT2D eigenvalue weighted by Crippen LogP contribution is 2.36. The van der Waals surface area contributed by atoms with Crippen molar-refractivity contribution in [3.63, 3.8) is 0 Å². The number of rotatable bonds is 2. The van der Waals surface area contributed by atoms with E-state index in [0.717, 1.165) is 34.7 Å². The third-order valence-electron chi connectivity index (χ3n) is 4.90. The van der Waals surface area contributed by atoms with Crippen molar-refractivity contribution < 1.29 is 9.53 Å². The van der Waals surface area contributed by atoms with Crippen molar-refractivity contribution >= 4 is 21.8 Å². The van der Waals surface area contributed by atoms with E-state index < -0.39 is 0 Å². The molecular weight excluding hydrogens is 330 g/mol. The molecule has 0 N–H and O–H groups in total. The molecule has 1 aromatic rings. The molecule has 0 unspecified atom stereocenters. The first-order valence-electron chi connectivity index (χ1n) is 7.85. The summed E-state index contributed by atoms with van der Waals surface area (Å²) in [6, 6.07) is 6.08. The standard InChI is InChI=1S/C17H22BrNO2/c1-21-16-9-8-13(11-14(16)18)17(20)19-10-4-6-12-5-2-3-7-15(12)19/h8-9,11-12,15H,2-7,10H2,1H3/t12-,15-/m1/s1. The molecule has 1 heterocycles. The molecule has 1 aliphatic heterocycles. The van der Waals surface area contributed by atoms with E-state index in [1.807, 2.05) is 18.2 Å². The number of fused-ring (bicyclic) bond motifs is 1. The van der Waals surface area contributed by atoms with Crippen molar-refractivity contribution in [2.24, 2.45) is 5.92 Å². The van der Waals surface area contributed by atoms with Gasteiger partial charge in [0, 0.05) is 18.2 Å². The number of piperidine rings is 1. The van der Waals surface area contributed by atoms with Gasteiger partial charge in [0.15, 0.2) is 0 Å². The van der Waals surface area contributed by atoms with E-state index in [1.165, 1.54) is 32.1 Å². The van der Waals surface area contributed by atoms with Gasteiger partial charge in [0.05, 0.1) is 11.6 Å². The van der Waals surface area contributed by atoms with E-state index in [4.69, 9.17) is 4.74 Å². The molecule has 1 aromatic carbocycles. The van der Waals surface area contributed by atoms with Gasteiger partial charge in [-0.1, -0.05) is 12.8 Å². The molecular formula is C17H22BrNO2. The highest BCUT2D eigenvalue weighted by atomic mass is 79.9. The van der Waals surface area contributed by atoms with Crippen LogP contribution in [0.25, 0.3) is 0 Å². The van der Waals surface area contributed by atoms with E-state index in [-0.39, 0.29) is 5.91 Å². The molecule has 3 rings (SSSR count). The van der Waals surface area contributed by atoms with Gasteiger partial charge in [-0.25, -0.2) is 0 Å². The number of likely N-dealkylation sites (tertiary alicyclic amines) is 1. The number of carbonyl (C=O) groups excluding carboxylic acids is 1. The van der Waals surface area contributed by atoms with E-state index in [2.05, 4.69) is 20.8 Å². The molecule has 2 aliphatic rings.